The SMILES string of the molecule is O=C1OCC(Cc2ccccc2)N1C(=O)C1CN(Cc2ccccc2)C[C@H]1c1cccc(F)c1. The molecule has 5 nitrogen and oxygen atoms in total. The van der Waals surface area contributed by atoms with Crippen molar-refractivity contribution in [3.05, 3.63) is 107 Å². The fourth-order valence-electron chi connectivity index (χ4n) is 5.13. The molecule has 34 heavy (non-hydrogen) atoms. The van der Waals surface area contributed by atoms with E-state index in [1.807, 2.05) is 54.6 Å². The number of benzene rings is 3. The summed E-state index contributed by atoms with van der Waals surface area (Å²) in [6.45, 7) is 1.98. The van der Waals surface area contributed by atoms with E-state index in [4.69, 9.17) is 4.74 Å². The van der Waals surface area contributed by atoms with Gasteiger partial charge < -0.3 is 4.74 Å². The molecule has 2 heterocycles. The minimum absolute atomic E-state index is 0.185. The maximum absolute atomic E-state index is 14.1. The van der Waals surface area contributed by atoms with Crippen molar-refractivity contribution in [3.63, 3.8) is 0 Å². The molecule has 2 aliphatic heterocycles. The molecule has 0 aliphatic carbocycles. The predicted molar refractivity (Wildman–Crippen MR) is 126 cm³/mol. The van der Waals surface area contributed by atoms with Gasteiger partial charge in [-0.05, 0) is 35.2 Å². The first-order chi connectivity index (χ1) is 16.6. The van der Waals surface area contributed by atoms with E-state index in [-0.39, 0.29) is 30.3 Å². The van der Waals surface area contributed by atoms with Gasteiger partial charge in [0.2, 0.25) is 5.91 Å². The quantitative estimate of drug-likeness (QED) is 0.540. The van der Waals surface area contributed by atoms with Crippen molar-refractivity contribution >= 4 is 12.0 Å². The second-order valence-electron chi connectivity index (χ2n) is 9.08. The molecule has 6 heteroatoms. The summed E-state index contributed by atoms with van der Waals surface area (Å²) in [6.07, 6.45) is -0.0472. The molecule has 2 saturated heterocycles. The Balaban J connectivity index is 1.40. The van der Waals surface area contributed by atoms with Crippen LogP contribution in [0.4, 0.5) is 9.18 Å². The number of imide groups is 1. The van der Waals surface area contributed by atoms with Crippen LogP contribution in [0.2, 0.25) is 0 Å². The highest BCUT2D eigenvalue weighted by atomic mass is 19.1. The molecule has 5 rings (SSSR count). The third-order valence-electron chi connectivity index (χ3n) is 6.75. The number of ether oxygens (including phenoxy) is 1. The fraction of sp³-hybridized carbons (Fsp3) is 0.286. The van der Waals surface area contributed by atoms with E-state index in [0.717, 1.165) is 16.7 Å². The molecule has 2 amide bonds. The summed E-state index contributed by atoms with van der Waals surface area (Å²) in [6, 6.07) is 26.0. The van der Waals surface area contributed by atoms with Gasteiger partial charge in [-0.1, -0.05) is 72.8 Å². The van der Waals surface area contributed by atoms with E-state index in [9.17, 15) is 14.0 Å². The van der Waals surface area contributed by atoms with Gasteiger partial charge >= 0.3 is 6.09 Å². The van der Waals surface area contributed by atoms with E-state index in [1.54, 1.807) is 6.07 Å². The second kappa shape index (κ2) is 9.77. The van der Waals surface area contributed by atoms with Crippen molar-refractivity contribution in [2.24, 2.45) is 5.92 Å². The zero-order valence-electron chi connectivity index (χ0n) is 18.8. The van der Waals surface area contributed by atoms with E-state index >= 15 is 0 Å². The number of rotatable bonds is 6. The Morgan fingerprint density at radius 1 is 0.912 bits per heavy atom. The van der Waals surface area contributed by atoms with Crippen molar-refractivity contribution in [2.45, 2.75) is 24.9 Å². The summed E-state index contributed by atoms with van der Waals surface area (Å²) in [7, 11) is 0. The molecule has 2 aliphatic rings. The van der Waals surface area contributed by atoms with Crippen molar-refractivity contribution in [3.8, 4) is 0 Å². The number of carbonyl (C=O) groups is 2. The van der Waals surface area contributed by atoms with Gasteiger partial charge in [0.15, 0.2) is 0 Å². The van der Waals surface area contributed by atoms with Crippen LogP contribution in [0.25, 0.3) is 0 Å². The molecule has 0 N–H and O–H groups in total. The number of amides is 2. The van der Waals surface area contributed by atoms with Crippen molar-refractivity contribution in [2.75, 3.05) is 19.7 Å². The largest absolute Gasteiger partial charge is 0.447 e. The normalized spacial score (nSPS) is 22.7. The van der Waals surface area contributed by atoms with Gasteiger partial charge in [-0.25, -0.2) is 14.1 Å². The van der Waals surface area contributed by atoms with E-state index < -0.39 is 12.0 Å². The highest BCUT2D eigenvalue weighted by molar-refractivity contribution is 5.95. The summed E-state index contributed by atoms with van der Waals surface area (Å²) < 4.78 is 19.4. The van der Waals surface area contributed by atoms with Crippen molar-refractivity contribution in [1.82, 2.24) is 9.80 Å². The van der Waals surface area contributed by atoms with E-state index in [0.29, 0.717) is 26.1 Å². The number of nitrogens with zero attached hydrogens (tertiary/aromatic N) is 2. The summed E-state index contributed by atoms with van der Waals surface area (Å²) >= 11 is 0. The van der Waals surface area contributed by atoms with Crippen LogP contribution in [-0.2, 0) is 22.5 Å². The number of hydrogen-bond acceptors (Lipinski definition) is 4. The van der Waals surface area contributed by atoms with E-state index in [1.165, 1.54) is 17.0 Å². The third-order valence-corrected chi connectivity index (χ3v) is 6.75. The van der Waals surface area contributed by atoms with Crippen LogP contribution in [0.15, 0.2) is 84.9 Å². The lowest BCUT2D eigenvalue weighted by molar-refractivity contribution is -0.133. The van der Waals surface area contributed by atoms with Crippen LogP contribution in [0.5, 0.6) is 0 Å². The summed E-state index contributed by atoms with van der Waals surface area (Å²) in [5.41, 5.74) is 2.97. The molecule has 3 aromatic carbocycles. The van der Waals surface area contributed by atoms with Gasteiger partial charge in [0, 0.05) is 25.6 Å². The van der Waals surface area contributed by atoms with Crippen LogP contribution < -0.4 is 0 Å². The topological polar surface area (TPSA) is 49.9 Å². The van der Waals surface area contributed by atoms with Gasteiger partial charge in [-0.2, -0.15) is 0 Å². The Labute approximate surface area is 198 Å². The molecule has 2 unspecified atom stereocenters. The highest BCUT2D eigenvalue weighted by Crippen LogP contribution is 2.36. The zero-order valence-corrected chi connectivity index (χ0v) is 18.8. The van der Waals surface area contributed by atoms with Crippen molar-refractivity contribution in [1.29, 1.82) is 0 Å². The maximum Gasteiger partial charge on any atom is 0.416 e. The van der Waals surface area contributed by atoms with Crippen LogP contribution in [-0.4, -0.2) is 47.5 Å². The smallest absolute Gasteiger partial charge is 0.416 e. The Hall–Kier alpha value is -3.51. The summed E-state index contributed by atoms with van der Waals surface area (Å²) in [4.78, 5) is 30.0. The molecule has 3 aromatic rings. The van der Waals surface area contributed by atoms with Crippen LogP contribution >= 0.6 is 0 Å². The Bertz CT molecular complexity index is 1150. The average Bonchev–Trinajstić information content (AvgIpc) is 3.43. The monoisotopic (exact) mass is 458 g/mol. The van der Waals surface area contributed by atoms with Gasteiger partial charge in [0.05, 0.1) is 12.0 Å². The van der Waals surface area contributed by atoms with E-state index in [2.05, 4.69) is 17.0 Å². The molecule has 0 bridgehead atoms. The standard InChI is InChI=1S/C28H27FN2O3/c29-23-13-7-12-22(15-23)25-17-30(16-21-10-5-2-6-11-21)18-26(25)27(32)31-24(19-34-28(31)33)14-20-8-3-1-4-9-20/h1-13,15,24-26H,14,16-19H2/t24?,25-,26?/m0/s1. The molecule has 174 valence electrons. The Morgan fingerprint density at radius 2 is 1.62 bits per heavy atom. The highest BCUT2D eigenvalue weighted by Gasteiger charge is 2.46. The number of likely N-dealkylation sites (tertiary alicyclic amines) is 1. The lowest BCUT2D eigenvalue weighted by Crippen LogP contribution is -2.45. The van der Waals surface area contributed by atoms with Crippen LogP contribution in [0, 0.1) is 11.7 Å². The molecule has 0 radical (unpaired) electrons. The third kappa shape index (κ3) is 4.73. The minimum Gasteiger partial charge on any atom is -0.447 e. The first-order valence-electron chi connectivity index (χ1n) is 11.6. The maximum atomic E-state index is 14.1. The van der Waals surface area contributed by atoms with Crippen LogP contribution in [0.1, 0.15) is 22.6 Å². The van der Waals surface area contributed by atoms with Gasteiger partial charge in [0.1, 0.15) is 12.4 Å². The number of hydrogen-bond donors (Lipinski definition) is 0. The summed E-state index contributed by atoms with van der Waals surface area (Å²) in [5, 5.41) is 0. The first kappa shape index (κ1) is 22.3. The molecule has 0 spiro atoms. The molecule has 0 aromatic heterocycles. The molecule has 2 fully saturated rings. The molecule has 0 saturated carbocycles. The Morgan fingerprint density at radius 3 is 2.32 bits per heavy atom. The number of carbonyl (C=O) groups excluding carboxylic acids is 2. The second-order valence-corrected chi connectivity index (χ2v) is 9.08. The summed E-state index contributed by atoms with van der Waals surface area (Å²) in [5.74, 6) is -1.24. The van der Waals surface area contributed by atoms with Crippen molar-refractivity contribution < 1.29 is 18.7 Å². The molecular weight excluding hydrogens is 431 g/mol. The Kier molecular flexibility index (Phi) is 6.41. The van der Waals surface area contributed by atoms with Gasteiger partial charge in [0.25, 0.3) is 0 Å². The lowest BCUT2D eigenvalue weighted by Gasteiger charge is -2.26. The average molecular weight is 459 g/mol. The fourth-order valence-corrected chi connectivity index (χ4v) is 5.13. The first-order valence-corrected chi connectivity index (χ1v) is 11.6. The molecular formula is C28H27FN2O3. The van der Waals surface area contributed by atoms with Gasteiger partial charge in [-0.15, -0.1) is 0 Å². The predicted octanol–water partition coefficient (Wildman–Crippen LogP) is 4.63. The number of cyclic esters (lactones) is 1. The zero-order chi connectivity index (χ0) is 23.5. The number of halogens is 1. The van der Waals surface area contributed by atoms with Gasteiger partial charge in [-0.3, -0.25) is 9.69 Å². The lowest BCUT2D eigenvalue weighted by atomic mass is 9.87. The van der Waals surface area contributed by atoms with Crippen LogP contribution in [0.3, 0.4) is 0 Å². The minimum atomic E-state index is -0.592. The molecule has 3 atom stereocenters.